The van der Waals surface area contributed by atoms with E-state index in [9.17, 15) is 0 Å². The first kappa shape index (κ1) is 11.9. The lowest BCUT2D eigenvalue weighted by molar-refractivity contribution is 0.286. The maximum atomic E-state index is 9.00. The molecule has 0 aromatic heterocycles. The lowest BCUT2D eigenvalue weighted by atomic mass is 10.1. The second kappa shape index (κ2) is 5.20. The Bertz CT molecular complexity index is 432. The second-order valence-electron chi connectivity index (χ2n) is 4.70. The van der Waals surface area contributed by atoms with Crippen LogP contribution in [0.15, 0.2) is 18.2 Å². The molecule has 1 saturated carbocycles. The lowest BCUT2D eigenvalue weighted by Crippen LogP contribution is -2.34. The van der Waals surface area contributed by atoms with Crippen LogP contribution in [-0.4, -0.2) is 18.7 Å². The molecule has 1 aromatic carbocycles. The molecular formula is C14H18N2O. The Morgan fingerprint density at radius 3 is 2.82 bits per heavy atom. The zero-order valence-electron chi connectivity index (χ0n) is 10.4. The zero-order valence-corrected chi connectivity index (χ0v) is 10.4. The molecule has 2 rings (SSSR count). The summed E-state index contributed by atoms with van der Waals surface area (Å²) in [6, 6.07) is 8.65. The molecule has 17 heavy (non-hydrogen) atoms. The van der Waals surface area contributed by atoms with Crippen LogP contribution in [0, 0.1) is 25.2 Å². The van der Waals surface area contributed by atoms with Crippen molar-refractivity contribution in [1.29, 1.82) is 5.26 Å². The summed E-state index contributed by atoms with van der Waals surface area (Å²) in [5, 5.41) is 12.3. The zero-order chi connectivity index (χ0) is 12.3. The molecule has 0 saturated heterocycles. The molecule has 0 spiro atoms. The minimum absolute atomic E-state index is 0.205. The minimum atomic E-state index is -0.205. The van der Waals surface area contributed by atoms with Crippen LogP contribution in [0.3, 0.4) is 0 Å². The fourth-order valence-corrected chi connectivity index (χ4v) is 1.79. The van der Waals surface area contributed by atoms with E-state index in [1.54, 1.807) is 0 Å². The largest absolute Gasteiger partial charge is 0.491 e. The van der Waals surface area contributed by atoms with Crippen LogP contribution < -0.4 is 10.1 Å². The molecular weight excluding hydrogens is 212 g/mol. The van der Waals surface area contributed by atoms with Gasteiger partial charge in [-0.3, -0.25) is 5.32 Å². The van der Waals surface area contributed by atoms with Crippen molar-refractivity contribution >= 4 is 0 Å². The average Bonchev–Trinajstić information content (AvgIpc) is 3.10. The summed E-state index contributed by atoms with van der Waals surface area (Å²) >= 11 is 0. The van der Waals surface area contributed by atoms with Crippen LogP contribution >= 0.6 is 0 Å². The van der Waals surface area contributed by atoms with E-state index in [-0.39, 0.29) is 6.04 Å². The normalized spacial score (nSPS) is 16.3. The highest BCUT2D eigenvalue weighted by molar-refractivity contribution is 5.35. The topological polar surface area (TPSA) is 45.0 Å². The molecule has 0 bridgehead atoms. The monoisotopic (exact) mass is 230 g/mol. The van der Waals surface area contributed by atoms with Gasteiger partial charge in [-0.05, 0) is 38.3 Å². The lowest BCUT2D eigenvalue weighted by Gasteiger charge is -2.14. The van der Waals surface area contributed by atoms with Crippen molar-refractivity contribution in [3.05, 3.63) is 29.3 Å². The quantitative estimate of drug-likeness (QED) is 0.844. The fourth-order valence-electron chi connectivity index (χ4n) is 1.79. The SMILES string of the molecule is Cc1ccc(OCC(C#N)NC2CC2)c(C)c1. The Balaban J connectivity index is 1.89. The van der Waals surface area contributed by atoms with Gasteiger partial charge in [-0.15, -0.1) is 0 Å². The highest BCUT2D eigenvalue weighted by atomic mass is 16.5. The summed E-state index contributed by atoms with van der Waals surface area (Å²) in [5.41, 5.74) is 2.34. The highest BCUT2D eigenvalue weighted by Crippen LogP contribution is 2.21. The molecule has 1 N–H and O–H groups in total. The Labute approximate surface area is 102 Å². The van der Waals surface area contributed by atoms with Gasteiger partial charge in [-0.2, -0.15) is 5.26 Å². The van der Waals surface area contributed by atoms with Crippen LogP contribution in [0.2, 0.25) is 0 Å². The van der Waals surface area contributed by atoms with Crippen molar-refractivity contribution in [2.45, 2.75) is 38.8 Å². The van der Waals surface area contributed by atoms with E-state index in [0.717, 1.165) is 11.3 Å². The van der Waals surface area contributed by atoms with Crippen molar-refractivity contribution in [3.63, 3.8) is 0 Å². The van der Waals surface area contributed by atoms with Gasteiger partial charge in [0.2, 0.25) is 0 Å². The summed E-state index contributed by atoms with van der Waals surface area (Å²) in [6.07, 6.45) is 2.36. The first-order valence-corrected chi connectivity index (χ1v) is 6.05. The van der Waals surface area contributed by atoms with Crippen molar-refractivity contribution in [3.8, 4) is 11.8 Å². The molecule has 1 aliphatic carbocycles. The van der Waals surface area contributed by atoms with E-state index in [0.29, 0.717) is 12.6 Å². The maximum Gasteiger partial charge on any atom is 0.130 e. The molecule has 3 heteroatoms. The third kappa shape index (κ3) is 3.47. The predicted octanol–water partition coefficient (Wildman–Crippen LogP) is 2.33. The molecule has 1 aromatic rings. The number of benzene rings is 1. The molecule has 0 aliphatic heterocycles. The fraction of sp³-hybridized carbons (Fsp3) is 0.500. The number of nitrogens with one attached hydrogen (secondary N) is 1. The smallest absolute Gasteiger partial charge is 0.130 e. The molecule has 1 unspecified atom stereocenters. The number of hydrogen-bond acceptors (Lipinski definition) is 3. The third-order valence-corrected chi connectivity index (χ3v) is 2.91. The third-order valence-electron chi connectivity index (χ3n) is 2.91. The molecule has 90 valence electrons. The van der Waals surface area contributed by atoms with Crippen LogP contribution in [-0.2, 0) is 0 Å². The highest BCUT2D eigenvalue weighted by Gasteiger charge is 2.24. The molecule has 1 atom stereocenters. The summed E-state index contributed by atoms with van der Waals surface area (Å²) < 4.78 is 5.69. The van der Waals surface area contributed by atoms with E-state index >= 15 is 0 Å². The minimum Gasteiger partial charge on any atom is -0.491 e. The number of aryl methyl sites for hydroxylation is 2. The number of nitriles is 1. The van der Waals surface area contributed by atoms with Crippen LogP contribution in [0.1, 0.15) is 24.0 Å². The van der Waals surface area contributed by atoms with Gasteiger partial charge < -0.3 is 4.74 Å². The van der Waals surface area contributed by atoms with E-state index in [1.807, 2.05) is 19.1 Å². The van der Waals surface area contributed by atoms with Gasteiger partial charge in [-0.1, -0.05) is 17.7 Å². The van der Waals surface area contributed by atoms with Gasteiger partial charge in [0.05, 0.1) is 6.07 Å². The Morgan fingerprint density at radius 1 is 1.47 bits per heavy atom. The molecule has 0 heterocycles. The molecule has 0 amide bonds. The number of hydrogen-bond donors (Lipinski definition) is 1. The number of ether oxygens (including phenoxy) is 1. The second-order valence-corrected chi connectivity index (χ2v) is 4.70. The summed E-state index contributed by atoms with van der Waals surface area (Å²) in [5.74, 6) is 0.869. The van der Waals surface area contributed by atoms with Crippen LogP contribution in [0.5, 0.6) is 5.75 Å². The standard InChI is InChI=1S/C14H18N2O/c1-10-3-6-14(11(2)7-10)17-9-13(8-15)16-12-4-5-12/h3,6-7,12-13,16H,4-5,9H2,1-2H3. The van der Waals surface area contributed by atoms with Crippen molar-refractivity contribution in [2.24, 2.45) is 0 Å². The van der Waals surface area contributed by atoms with Gasteiger partial charge in [0, 0.05) is 6.04 Å². The molecule has 0 radical (unpaired) electrons. The van der Waals surface area contributed by atoms with Crippen LogP contribution in [0.4, 0.5) is 0 Å². The Hall–Kier alpha value is -1.53. The van der Waals surface area contributed by atoms with Crippen LogP contribution in [0.25, 0.3) is 0 Å². The van der Waals surface area contributed by atoms with E-state index in [1.165, 1.54) is 18.4 Å². The molecule has 1 aliphatic rings. The predicted molar refractivity (Wildman–Crippen MR) is 67.0 cm³/mol. The van der Waals surface area contributed by atoms with Gasteiger partial charge >= 0.3 is 0 Å². The van der Waals surface area contributed by atoms with Crippen molar-refractivity contribution < 1.29 is 4.74 Å². The Kier molecular flexibility index (Phi) is 3.65. The van der Waals surface area contributed by atoms with Crippen molar-refractivity contribution in [2.75, 3.05) is 6.61 Å². The first-order valence-electron chi connectivity index (χ1n) is 6.05. The molecule has 3 nitrogen and oxygen atoms in total. The summed E-state index contributed by atoms with van der Waals surface area (Å²) in [6.45, 7) is 4.50. The van der Waals surface area contributed by atoms with Gasteiger partial charge in [0.25, 0.3) is 0 Å². The summed E-state index contributed by atoms with van der Waals surface area (Å²) in [7, 11) is 0. The van der Waals surface area contributed by atoms with Crippen molar-refractivity contribution in [1.82, 2.24) is 5.32 Å². The van der Waals surface area contributed by atoms with E-state index in [2.05, 4.69) is 24.4 Å². The van der Waals surface area contributed by atoms with Gasteiger partial charge in [0.15, 0.2) is 0 Å². The summed E-state index contributed by atoms with van der Waals surface area (Å²) in [4.78, 5) is 0. The van der Waals surface area contributed by atoms with Gasteiger partial charge in [-0.25, -0.2) is 0 Å². The van der Waals surface area contributed by atoms with E-state index < -0.39 is 0 Å². The number of nitrogens with zero attached hydrogens (tertiary/aromatic N) is 1. The number of rotatable bonds is 5. The first-order chi connectivity index (χ1) is 8.19. The maximum absolute atomic E-state index is 9.00. The molecule has 1 fully saturated rings. The Morgan fingerprint density at radius 2 is 2.24 bits per heavy atom. The average molecular weight is 230 g/mol. The van der Waals surface area contributed by atoms with Gasteiger partial charge in [0.1, 0.15) is 18.4 Å². The van der Waals surface area contributed by atoms with E-state index in [4.69, 9.17) is 10.00 Å².